The topological polar surface area (TPSA) is 24.1 Å². The second kappa shape index (κ2) is 5.50. The van der Waals surface area contributed by atoms with Crippen LogP contribution in [0.4, 0.5) is 0 Å². The predicted octanol–water partition coefficient (Wildman–Crippen LogP) is 2.54. The summed E-state index contributed by atoms with van der Waals surface area (Å²) in [5, 5.41) is 7.36. The van der Waals surface area contributed by atoms with Crippen molar-refractivity contribution >= 4 is 0 Å². The Bertz CT molecular complexity index is 211. The van der Waals surface area contributed by atoms with Crippen molar-refractivity contribution in [3.05, 3.63) is 0 Å². The van der Waals surface area contributed by atoms with Gasteiger partial charge < -0.3 is 10.6 Å². The maximum atomic E-state index is 3.71. The first-order valence-electron chi connectivity index (χ1n) is 7.20. The maximum absolute atomic E-state index is 3.71. The molecular weight excluding hydrogens is 196 g/mol. The number of hydrogen-bond donors (Lipinski definition) is 2. The lowest BCUT2D eigenvalue weighted by Gasteiger charge is -2.31. The van der Waals surface area contributed by atoms with Crippen LogP contribution in [0, 0.1) is 11.3 Å². The van der Waals surface area contributed by atoms with Crippen molar-refractivity contribution in [3.8, 4) is 0 Å². The molecule has 16 heavy (non-hydrogen) atoms. The van der Waals surface area contributed by atoms with E-state index in [1.165, 1.54) is 58.2 Å². The van der Waals surface area contributed by atoms with E-state index >= 15 is 0 Å². The Labute approximate surface area is 101 Å². The van der Waals surface area contributed by atoms with Gasteiger partial charge in [-0.3, -0.25) is 0 Å². The fourth-order valence-electron chi connectivity index (χ4n) is 3.10. The molecule has 0 radical (unpaired) electrons. The van der Waals surface area contributed by atoms with Gasteiger partial charge in [0.2, 0.25) is 0 Å². The van der Waals surface area contributed by atoms with Crippen LogP contribution in [0.3, 0.4) is 0 Å². The monoisotopic (exact) mass is 224 g/mol. The number of nitrogens with one attached hydrogen (secondary N) is 2. The summed E-state index contributed by atoms with van der Waals surface area (Å²) in [4.78, 5) is 0. The van der Waals surface area contributed by atoms with Crippen LogP contribution in [0.1, 0.15) is 52.4 Å². The van der Waals surface area contributed by atoms with Gasteiger partial charge in [-0.2, -0.15) is 0 Å². The molecule has 2 aliphatic rings. The fourth-order valence-corrected chi connectivity index (χ4v) is 3.10. The Morgan fingerprint density at radius 2 is 2.19 bits per heavy atom. The zero-order chi connectivity index (χ0) is 11.4. The first kappa shape index (κ1) is 12.4. The average Bonchev–Trinajstić information content (AvgIpc) is 3.02. The van der Waals surface area contributed by atoms with Crippen LogP contribution >= 0.6 is 0 Å². The quantitative estimate of drug-likeness (QED) is 0.724. The van der Waals surface area contributed by atoms with Gasteiger partial charge in [0.1, 0.15) is 0 Å². The lowest BCUT2D eigenvalue weighted by atomic mass is 9.92. The highest BCUT2D eigenvalue weighted by molar-refractivity contribution is 4.95. The average molecular weight is 224 g/mol. The molecule has 1 heterocycles. The summed E-state index contributed by atoms with van der Waals surface area (Å²) in [6, 6.07) is 0.714. The molecule has 2 unspecified atom stereocenters. The van der Waals surface area contributed by atoms with E-state index < -0.39 is 0 Å². The highest BCUT2D eigenvalue weighted by Gasteiger charge is 2.40. The molecule has 0 spiro atoms. The largest absolute Gasteiger partial charge is 0.315 e. The van der Waals surface area contributed by atoms with Crippen LogP contribution in [0.2, 0.25) is 0 Å². The van der Waals surface area contributed by atoms with Crippen molar-refractivity contribution in [3.63, 3.8) is 0 Å². The van der Waals surface area contributed by atoms with Gasteiger partial charge in [0, 0.05) is 19.1 Å². The van der Waals surface area contributed by atoms with Crippen LogP contribution in [0.5, 0.6) is 0 Å². The molecule has 0 aromatic carbocycles. The molecule has 2 rings (SSSR count). The molecule has 2 fully saturated rings. The molecule has 1 saturated heterocycles. The summed E-state index contributed by atoms with van der Waals surface area (Å²) in [5.74, 6) is 0.850. The van der Waals surface area contributed by atoms with E-state index in [4.69, 9.17) is 0 Å². The second-order valence-corrected chi connectivity index (χ2v) is 6.06. The Hall–Kier alpha value is -0.0800. The number of piperidine rings is 1. The van der Waals surface area contributed by atoms with Gasteiger partial charge in [-0.1, -0.05) is 20.3 Å². The van der Waals surface area contributed by atoms with E-state index in [-0.39, 0.29) is 0 Å². The van der Waals surface area contributed by atoms with E-state index in [2.05, 4.69) is 24.5 Å². The van der Waals surface area contributed by atoms with E-state index in [0.29, 0.717) is 11.5 Å². The Kier molecular flexibility index (Phi) is 4.26. The van der Waals surface area contributed by atoms with Crippen LogP contribution in [-0.2, 0) is 0 Å². The molecule has 2 atom stereocenters. The van der Waals surface area contributed by atoms with E-state index in [1.807, 2.05) is 0 Å². The Morgan fingerprint density at radius 3 is 2.81 bits per heavy atom. The van der Waals surface area contributed by atoms with Crippen LogP contribution in [-0.4, -0.2) is 25.7 Å². The van der Waals surface area contributed by atoms with Gasteiger partial charge in [-0.25, -0.2) is 0 Å². The molecule has 2 heteroatoms. The third kappa shape index (κ3) is 3.21. The summed E-state index contributed by atoms with van der Waals surface area (Å²) in [6.07, 6.45) is 8.45. The Morgan fingerprint density at radius 1 is 1.38 bits per heavy atom. The van der Waals surface area contributed by atoms with Gasteiger partial charge in [-0.05, 0) is 50.0 Å². The molecule has 94 valence electrons. The molecule has 0 bridgehead atoms. The summed E-state index contributed by atoms with van der Waals surface area (Å²) in [5.41, 5.74) is 0.701. The standard InChI is InChI=1S/C14H28N2/c1-3-6-14(7-8-14)11-15-10-13-12(2)5-4-9-16-13/h12-13,15-16H,3-11H2,1-2H3. The Balaban J connectivity index is 1.63. The maximum Gasteiger partial charge on any atom is 0.0218 e. The van der Waals surface area contributed by atoms with E-state index in [1.54, 1.807) is 0 Å². The molecule has 0 aromatic heterocycles. The van der Waals surface area contributed by atoms with Crippen LogP contribution in [0.15, 0.2) is 0 Å². The minimum atomic E-state index is 0.701. The minimum absolute atomic E-state index is 0.701. The molecule has 1 aliphatic heterocycles. The molecule has 2 nitrogen and oxygen atoms in total. The van der Waals surface area contributed by atoms with Crippen molar-refractivity contribution in [2.75, 3.05) is 19.6 Å². The second-order valence-electron chi connectivity index (χ2n) is 6.06. The first-order chi connectivity index (χ1) is 7.76. The first-order valence-corrected chi connectivity index (χ1v) is 7.20. The molecule has 1 aliphatic carbocycles. The van der Waals surface area contributed by atoms with Crippen molar-refractivity contribution in [1.29, 1.82) is 0 Å². The van der Waals surface area contributed by atoms with Crippen molar-refractivity contribution in [2.24, 2.45) is 11.3 Å². The van der Waals surface area contributed by atoms with E-state index in [9.17, 15) is 0 Å². The van der Waals surface area contributed by atoms with Crippen molar-refractivity contribution < 1.29 is 0 Å². The van der Waals surface area contributed by atoms with Crippen molar-refractivity contribution in [1.82, 2.24) is 10.6 Å². The lowest BCUT2D eigenvalue weighted by molar-refractivity contribution is 0.282. The lowest BCUT2D eigenvalue weighted by Crippen LogP contribution is -2.47. The smallest absolute Gasteiger partial charge is 0.0218 e. The predicted molar refractivity (Wildman–Crippen MR) is 69.6 cm³/mol. The zero-order valence-corrected chi connectivity index (χ0v) is 11.0. The third-order valence-corrected chi connectivity index (χ3v) is 4.53. The summed E-state index contributed by atoms with van der Waals surface area (Å²) in [7, 11) is 0. The number of rotatable bonds is 6. The SMILES string of the molecule is CCCC1(CNCC2NCCCC2C)CC1. The molecule has 0 amide bonds. The van der Waals surface area contributed by atoms with Crippen molar-refractivity contribution in [2.45, 2.75) is 58.4 Å². The van der Waals surface area contributed by atoms with E-state index in [0.717, 1.165) is 5.92 Å². The summed E-state index contributed by atoms with van der Waals surface area (Å²) < 4.78 is 0. The van der Waals surface area contributed by atoms with Gasteiger partial charge in [-0.15, -0.1) is 0 Å². The summed E-state index contributed by atoms with van der Waals surface area (Å²) >= 11 is 0. The minimum Gasteiger partial charge on any atom is -0.315 e. The highest BCUT2D eigenvalue weighted by Crippen LogP contribution is 2.48. The molecule has 0 aromatic rings. The molecule has 1 saturated carbocycles. The molecule has 2 N–H and O–H groups in total. The zero-order valence-electron chi connectivity index (χ0n) is 11.0. The van der Waals surface area contributed by atoms with Crippen LogP contribution < -0.4 is 10.6 Å². The molecular formula is C14H28N2. The van der Waals surface area contributed by atoms with Gasteiger partial charge in [0.05, 0.1) is 0 Å². The normalized spacial score (nSPS) is 32.6. The number of hydrogen-bond acceptors (Lipinski definition) is 2. The van der Waals surface area contributed by atoms with Gasteiger partial charge in [0.15, 0.2) is 0 Å². The fraction of sp³-hybridized carbons (Fsp3) is 1.00. The highest BCUT2D eigenvalue weighted by atomic mass is 15.0. The van der Waals surface area contributed by atoms with Crippen LogP contribution in [0.25, 0.3) is 0 Å². The third-order valence-electron chi connectivity index (χ3n) is 4.53. The van der Waals surface area contributed by atoms with Gasteiger partial charge in [0.25, 0.3) is 0 Å². The summed E-state index contributed by atoms with van der Waals surface area (Å²) in [6.45, 7) is 8.34. The van der Waals surface area contributed by atoms with Gasteiger partial charge >= 0.3 is 0 Å².